The van der Waals surface area contributed by atoms with Crippen molar-refractivity contribution in [1.29, 1.82) is 0 Å². The van der Waals surface area contributed by atoms with Gasteiger partial charge in [-0.2, -0.15) is 0 Å². The lowest BCUT2D eigenvalue weighted by molar-refractivity contribution is 0.414. The Kier molecular flexibility index (Phi) is 2.65. The molecule has 0 aliphatic heterocycles. The van der Waals surface area contributed by atoms with Gasteiger partial charge in [-0.3, -0.25) is 0 Å². The van der Waals surface area contributed by atoms with Crippen LogP contribution in [-0.4, -0.2) is 4.98 Å². The minimum Gasteiger partial charge on any atom is -0.447 e. The molecule has 1 aromatic rings. The van der Waals surface area contributed by atoms with Gasteiger partial charge in [0.25, 0.3) is 0 Å². The number of hydrogen-bond acceptors (Lipinski definition) is 3. The molecule has 0 fully saturated rings. The van der Waals surface area contributed by atoms with Crippen LogP contribution in [0.2, 0.25) is 0 Å². The van der Waals surface area contributed by atoms with Crippen molar-refractivity contribution in [2.75, 3.05) is 0 Å². The fourth-order valence-electron chi connectivity index (χ4n) is 1.03. The van der Waals surface area contributed by atoms with Gasteiger partial charge in [0.2, 0.25) is 0 Å². The van der Waals surface area contributed by atoms with Gasteiger partial charge in [0, 0.05) is 0 Å². The van der Waals surface area contributed by atoms with Gasteiger partial charge in [0.15, 0.2) is 6.39 Å². The highest BCUT2D eigenvalue weighted by molar-refractivity contribution is 4.95. The van der Waals surface area contributed by atoms with Crippen molar-refractivity contribution >= 4 is 0 Å². The van der Waals surface area contributed by atoms with Crippen molar-refractivity contribution in [1.82, 2.24) is 4.98 Å². The molecule has 0 amide bonds. The summed E-state index contributed by atoms with van der Waals surface area (Å²) in [6.45, 7) is 4.27. The zero-order chi connectivity index (χ0) is 8.27. The van der Waals surface area contributed by atoms with Crippen molar-refractivity contribution in [3.05, 3.63) is 18.4 Å². The van der Waals surface area contributed by atoms with Crippen LogP contribution in [0.3, 0.4) is 0 Å². The molecule has 3 nitrogen and oxygen atoms in total. The maximum atomic E-state index is 5.81. The minimum atomic E-state index is -0.00231. The van der Waals surface area contributed by atoms with Crippen LogP contribution in [0.4, 0.5) is 0 Å². The summed E-state index contributed by atoms with van der Waals surface area (Å²) in [5, 5.41) is 0. The van der Waals surface area contributed by atoms with Gasteiger partial charge in [0.05, 0.1) is 12.2 Å². The average Bonchev–Trinajstić information content (AvgIpc) is 2.35. The Morgan fingerprint density at radius 1 is 1.64 bits per heavy atom. The summed E-state index contributed by atoms with van der Waals surface area (Å²) in [4.78, 5) is 3.80. The summed E-state index contributed by atoms with van der Waals surface area (Å²) < 4.78 is 5.06. The maximum Gasteiger partial charge on any atom is 0.180 e. The van der Waals surface area contributed by atoms with Crippen LogP contribution in [0, 0.1) is 5.92 Å². The van der Waals surface area contributed by atoms with E-state index in [9.17, 15) is 0 Å². The Morgan fingerprint density at radius 2 is 2.36 bits per heavy atom. The smallest absolute Gasteiger partial charge is 0.180 e. The molecule has 0 radical (unpaired) electrons. The Hall–Kier alpha value is -0.830. The van der Waals surface area contributed by atoms with Gasteiger partial charge in [-0.15, -0.1) is 0 Å². The van der Waals surface area contributed by atoms with Crippen molar-refractivity contribution in [2.24, 2.45) is 11.7 Å². The van der Waals surface area contributed by atoms with Crippen LogP contribution in [0.15, 0.2) is 17.0 Å². The topological polar surface area (TPSA) is 52.0 Å². The third kappa shape index (κ3) is 2.35. The lowest BCUT2D eigenvalue weighted by atomic mass is 10.0. The van der Waals surface area contributed by atoms with Crippen LogP contribution in [0.1, 0.15) is 32.1 Å². The number of nitrogens with zero attached hydrogens (tertiary/aromatic N) is 1. The quantitative estimate of drug-likeness (QED) is 0.721. The number of nitrogens with two attached hydrogens (primary N) is 1. The third-order valence-corrected chi connectivity index (χ3v) is 1.54. The molecule has 0 saturated carbocycles. The molecule has 1 rings (SSSR count). The van der Waals surface area contributed by atoms with Gasteiger partial charge in [-0.25, -0.2) is 4.98 Å². The standard InChI is InChI=1S/C8H14N2O/c1-6(2)3-7(9)8-4-10-5-11-8/h4-7H,3,9H2,1-2H3. The first kappa shape index (κ1) is 8.27. The largest absolute Gasteiger partial charge is 0.447 e. The highest BCUT2D eigenvalue weighted by Crippen LogP contribution is 2.17. The summed E-state index contributed by atoms with van der Waals surface area (Å²) in [6.07, 6.45) is 4.03. The number of rotatable bonds is 3. The number of oxazole rings is 1. The molecule has 0 spiro atoms. The fourth-order valence-corrected chi connectivity index (χ4v) is 1.03. The van der Waals surface area contributed by atoms with Gasteiger partial charge in [0.1, 0.15) is 5.76 Å². The molecule has 62 valence electrons. The average molecular weight is 154 g/mol. The molecule has 0 bridgehead atoms. The van der Waals surface area contributed by atoms with Gasteiger partial charge in [-0.1, -0.05) is 13.8 Å². The second-order valence-corrected chi connectivity index (χ2v) is 3.14. The van der Waals surface area contributed by atoms with Gasteiger partial charge in [-0.05, 0) is 12.3 Å². The normalized spacial score (nSPS) is 13.8. The third-order valence-electron chi connectivity index (χ3n) is 1.54. The monoisotopic (exact) mass is 154 g/mol. The summed E-state index contributed by atoms with van der Waals surface area (Å²) in [7, 11) is 0. The number of aromatic nitrogens is 1. The molecule has 3 heteroatoms. The van der Waals surface area contributed by atoms with Crippen LogP contribution < -0.4 is 5.73 Å². The van der Waals surface area contributed by atoms with E-state index in [1.54, 1.807) is 6.20 Å². The fraction of sp³-hybridized carbons (Fsp3) is 0.625. The van der Waals surface area contributed by atoms with E-state index in [-0.39, 0.29) is 6.04 Å². The Labute approximate surface area is 66.6 Å². The van der Waals surface area contributed by atoms with Crippen LogP contribution >= 0.6 is 0 Å². The van der Waals surface area contributed by atoms with Crippen molar-refractivity contribution in [3.63, 3.8) is 0 Å². The number of hydrogen-bond donors (Lipinski definition) is 1. The molecular formula is C8H14N2O. The minimum absolute atomic E-state index is 0.00231. The predicted molar refractivity (Wildman–Crippen MR) is 42.9 cm³/mol. The molecule has 1 heterocycles. The first-order chi connectivity index (χ1) is 5.20. The lowest BCUT2D eigenvalue weighted by Gasteiger charge is -2.09. The highest BCUT2D eigenvalue weighted by atomic mass is 16.3. The summed E-state index contributed by atoms with van der Waals surface area (Å²) in [6, 6.07) is -0.00231. The van der Waals surface area contributed by atoms with E-state index in [4.69, 9.17) is 10.2 Å². The maximum absolute atomic E-state index is 5.81. The molecule has 0 aliphatic rings. The molecule has 11 heavy (non-hydrogen) atoms. The lowest BCUT2D eigenvalue weighted by Crippen LogP contribution is -2.11. The second kappa shape index (κ2) is 3.53. The van der Waals surface area contributed by atoms with E-state index in [0.29, 0.717) is 5.92 Å². The molecule has 0 aromatic carbocycles. The Balaban J connectivity index is 2.49. The molecule has 0 aliphatic carbocycles. The summed E-state index contributed by atoms with van der Waals surface area (Å²) in [5.41, 5.74) is 5.81. The Morgan fingerprint density at radius 3 is 2.82 bits per heavy atom. The summed E-state index contributed by atoms with van der Waals surface area (Å²) in [5.74, 6) is 1.37. The molecule has 0 saturated heterocycles. The van der Waals surface area contributed by atoms with Gasteiger partial charge < -0.3 is 10.2 Å². The highest BCUT2D eigenvalue weighted by Gasteiger charge is 2.10. The first-order valence-electron chi connectivity index (χ1n) is 3.84. The first-order valence-corrected chi connectivity index (χ1v) is 3.84. The van der Waals surface area contributed by atoms with Crippen molar-refractivity contribution in [2.45, 2.75) is 26.3 Å². The van der Waals surface area contributed by atoms with E-state index >= 15 is 0 Å². The SMILES string of the molecule is CC(C)CC(N)c1cnco1. The van der Waals surface area contributed by atoms with E-state index in [1.807, 2.05) is 0 Å². The zero-order valence-electron chi connectivity index (χ0n) is 6.95. The molecule has 1 aromatic heterocycles. The molecule has 1 unspecified atom stereocenters. The molecule has 2 N–H and O–H groups in total. The van der Waals surface area contributed by atoms with Crippen molar-refractivity contribution < 1.29 is 4.42 Å². The van der Waals surface area contributed by atoms with E-state index in [1.165, 1.54) is 6.39 Å². The zero-order valence-corrected chi connectivity index (χ0v) is 6.95. The van der Waals surface area contributed by atoms with Crippen LogP contribution in [-0.2, 0) is 0 Å². The van der Waals surface area contributed by atoms with E-state index in [0.717, 1.165) is 12.2 Å². The van der Waals surface area contributed by atoms with Gasteiger partial charge >= 0.3 is 0 Å². The molecule has 1 atom stereocenters. The molecular weight excluding hydrogens is 140 g/mol. The predicted octanol–water partition coefficient (Wildman–Crippen LogP) is 1.72. The second-order valence-electron chi connectivity index (χ2n) is 3.14. The van der Waals surface area contributed by atoms with E-state index in [2.05, 4.69) is 18.8 Å². The Bertz CT molecular complexity index is 194. The van der Waals surface area contributed by atoms with E-state index < -0.39 is 0 Å². The summed E-state index contributed by atoms with van der Waals surface area (Å²) >= 11 is 0. The van der Waals surface area contributed by atoms with Crippen LogP contribution in [0.25, 0.3) is 0 Å². The van der Waals surface area contributed by atoms with Crippen molar-refractivity contribution in [3.8, 4) is 0 Å². The van der Waals surface area contributed by atoms with Crippen LogP contribution in [0.5, 0.6) is 0 Å².